The number of fused-ring (bicyclic) bond motifs is 1. The third kappa shape index (κ3) is 3.83. The molecule has 1 heterocycles. The summed E-state index contributed by atoms with van der Waals surface area (Å²) in [4.78, 5) is 22.8. The molecule has 1 aliphatic rings. The lowest BCUT2D eigenvalue weighted by molar-refractivity contribution is -0.118. The number of hydrogen-bond acceptors (Lipinski definition) is 7. The molecule has 0 aromatic heterocycles. The smallest absolute Gasteiger partial charge is 0.340 e. The lowest BCUT2D eigenvalue weighted by atomic mass is 10.1. The molecule has 142 valence electrons. The molecule has 0 saturated carbocycles. The van der Waals surface area contributed by atoms with Crippen molar-refractivity contribution in [2.24, 2.45) is 0 Å². The molecular weight excluding hydrogens is 398 g/mol. The van der Waals surface area contributed by atoms with Crippen molar-refractivity contribution >= 4 is 39.1 Å². The summed E-state index contributed by atoms with van der Waals surface area (Å²) in [6.45, 7) is 1.03. The highest BCUT2D eigenvalue weighted by Gasteiger charge is 2.27. The Hall–Kier alpha value is -2.78. The van der Waals surface area contributed by atoms with Gasteiger partial charge < -0.3 is 19.0 Å². The van der Waals surface area contributed by atoms with Gasteiger partial charge in [0.25, 0.3) is 5.91 Å². The fourth-order valence-electron chi connectivity index (χ4n) is 2.43. The summed E-state index contributed by atoms with van der Waals surface area (Å²) in [6, 6.07) is 6.61. The van der Waals surface area contributed by atoms with Crippen LogP contribution in [-0.4, -0.2) is 33.8 Å². The first kappa shape index (κ1) is 19.0. The van der Waals surface area contributed by atoms with Crippen molar-refractivity contribution in [2.75, 3.05) is 19.0 Å². The molecule has 0 fully saturated rings. The molecule has 2 aromatic rings. The third-order valence-electron chi connectivity index (χ3n) is 3.70. The molecule has 3 rings (SSSR count). The number of nitrogens with one attached hydrogen (secondary N) is 1. The zero-order chi connectivity index (χ0) is 19.8. The maximum absolute atomic E-state index is 12.7. The van der Waals surface area contributed by atoms with Gasteiger partial charge >= 0.3 is 10.1 Å². The minimum atomic E-state index is -4.40. The molecule has 1 aliphatic heterocycles. The van der Waals surface area contributed by atoms with Crippen molar-refractivity contribution in [3.05, 3.63) is 40.9 Å². The van der Waals surface area contributed by atoms with Gasteiger partial charge in [-0.25, -0.2) is 0 Å². The Kier molecular flexibility index (Phi) is 4.99. The number of amides is 1. The first-order valence-electron chi connectivity index (χ1n) is 7.61. The number of rotatable bonds is 5. The molecule has 0 bridgehead atoms. The van der Waals surface area contributed by atoms with Crippen LogP contribution in [0.5, 0.6) is 17.2 Å². The lowest BCUT2D eigenvalue weighted by Crippen LogP contribution is -2.25. The van der Waals surface area contributed by atoms with Crippen LogP contribution in [0.15, 0.2) is 35.2 Å². The van der Waals surface area contributed by atoms with Crippen molar-refractivity contribution in [3.8, 4) is 17.2 Å². The van der Waals surface area contributed by atoms with Gasteiger partial charge in [0.15, 0.2) is 18.1 Å². The number of carbonyl (C=O) groups is 2. The Labute approximate surface area is 160 Å². The van der Waals surface area contributed by atoms with Crippen LogP contribution in [0.25, 0.3) is 0 Å². The third-order valence-corrected chi connectivity index (χ3v) is 5.40. The lowest BCUT2D eigenvalue weighted by Gasteiger charge is -2.19. The average molecular weight is 412 g/mol. The van der Waals surface area contributed by atoms with Crippen LogP contribution in [0.2, 0.25) is 5.02 Å². The number of hydrogen-bond donors (Lipinski definition) is 1. The molecule has 0 atom stereocenters. The molecule has 0 aliphatic carbocycles. The Morgan fingerprint density at radius 2 is 2.00 bits per heavy atom. The summed E-state index contributed by atoms with van der Waals surface area (Å²) < 4.78 is 40.9. The van der Waals surface area contributed by atoms with Gasteiger partial charge in [0.1, 0.15) is 16.4 Å². The van der Waals surface area contributed by atoms with Crippen molar-refractivity contribution < 1.29 is 31.7 Å². The summed E-state index contributed by atoms with van der Waals surface area (Å²) >= 11 is 6.06. The van der Waals surface area contributed by atoms with Crippen LogP contribution < -0.4 is 19.0 Å². The number of benzene rings is 2. The van der Waals surface area contributed by atoms with Gasteiger partial charge in [-0.1, -0.05) is 11.6 Å². The predicted octanol–water partition coefficient (Wildman–Crippen LogP) is 2.65. The maximum Gasteiger partial charge on any atom is 0.340 e. The van der Waals surface area contributed by atoms with Crippen LogP contribution in [0, 0.1) is 0 Å². The number of anilines is 1. The quantitative estimate of drug-likeness (QED) is 0.595. The van der Waals surface area contributed by atoms with Gasteiger partial charge in [0, 0.05) is 12.1 Å². The van der Waals surface area contributed by atoms with Crippen LogP contribution in [-0.2, 0) is 14.9 Å². The van der Waals surface area contributed by atoms with Crippen LogP contribution in [0.4, 0.5) is 5.69 Å². The first-order chi connectivity index (χ1) is 12.7. The van der Waals surface area contributed by atoms with E-state index >= 15 is 0 Å². The monoisotopic (exact) mass is 411 g/mol. The molecule has 2 aromatic carbocycles. The minimum Gasteiger partial charge on any atom is -0.497 e. The van der Waals surface area contributed by atoms with Crippen molar-refractivity contribution in [1.29, 1.82) is 0 Å². The largest absolute Gasteiger partial charge is 0.497 e. The highest BCUT2D eigenvalue weighted by atomic mass is 35.5. The van der Waals surface area contributed by atoms with E-state index in [1.165, 1.54) is 38.3 Å². The normalized spacial score (nSPS) is 13.2. The van der Waals surface area contributed by atoms with Crippen molar-refractivity contribution in [2.45, 2.75) is 11.8 Å². The Bertz CT molecular complexity index is 1050. The maximum atomic E-state index is 12.7. The van der Waals surface area contributed by atoms with Gasteiger partial charge in [-0.3, -0.25) is 9.59 Å². The predicted molar refractivity (Wildman–Crippen MR) is 96.4 cm³/mol. The fraction of sp³-hybridized carbons (Fsp3) is 0.176. The van der Waals surface area contributed by atoms with E-state index in [1.54, 1.807) is 0 Å². The summed E-state index contributed by atoms with van der Waals surface area (Å²) in [5.74, 6) is -0.505. The zero-order valence-electron chi connectivity index (χ0n) is 14.2. The molecule has 0 saturated heterocycles. The fourth-order valence-corrected chi connectivity index (χ4v) is 3.89. The van der Waals surface area contributed by atoms with E-state index in [9.17, 15) is 18.0 Å². The van der Waals surface area contributed by atoms with E-state index in [4.69, 9.17) is 25.3 Å². The van der Waals surface area contributed by atoms with Crippen molar-refractivity contribution in [1.82, 2.24) is 0 Å². The second-order valence-electron chi connectivity index (χ2n) is 5.57. The topological polar surface area (TPSA) is 108 Å². The number of Topliss-reactive ketones (excluding diaryl/α,β-unsaturated/α-hetero) is 1. The minimum absolute atomic E-state index is 0.0666. The molecule has 0 unspecified atom stereocenters. The van der Waals surface area contributed by atoms with Gasteiger partial charge in [0.05, 0.1) is 23.4 Å². The average Bonchev–Trinajstić information content (AvgIpc) is 2.60. The number of ketones is 1. The van der Waals surface area contributed by atoms with Gasteiger partial charge in [-0.2, -0.15) is 8.42 Å². The van der Waals surface area contributed by atoms with E-state index in [1.807, 2.05) is 0 Å². The molecule has 1 N–H and O–H groups in total. The van der Waals surface area contributed by atoms with Gasteiger partial charge in [-0.15, -0.1) is 0 Å². The standard InChI is InChI=1S/C17H14ClNO7S/c1-9(20)11-4-3-10(24-2)5-14(11)26-27(22,23)16-7-15-13(6-12(16)18)19-17(21)8-25-15/h3-7H,8H2,1-2H3,(H,19,21). The summed E-state index contributed by atoms with van der Waals surface area (Å²) in [7, 11) is -3.01. The highest BCUT2D eigenvalue weighted by molar-refractivity contribution is 7.87. The highest BCUT2D eigenvalue weighted by Crippen LogP contribution is 2.37. The molecule has 1 amide bonds. The molecule has 0 spiro atoms. The Balaban J connectivity index is 2.03. The van der Waals surface area contributed by atoms with E-state index in [0.29, 0.717) is 5.75 Å². The van der Waals surface area contributed by atoms with Crippen LogP contribution in [0.3, 0.4) is 0 Å². The molecule has 0 radical (unpaired) electrons. The molecule has 8 nitrogen and oxygen atoms in total. The van der Waals surface area contributed by atoms with Gasteiger partial charge in [0.2, 0.25) is 0 Å². The Morgan fingerprint density at radius 3 is 2.67 bits per heavy atom. The number of halogens is 1. The number of ether oxygens (including phenoxy) is 2. The summed E-state index contributed by atoms with van der Waals surface area (Å²) in [6.07, 6.45) is 0. The van der Waals surface area contributed by atoms with Gasteiger partial charge in [-0.05, 0) is 25.1 Å². The summed E-state index contributed by atoms with van der Waals surface area (Å²) in [5, 5.41) is 2.35. The SMILES string of the molecule is COc1ccc(C(C)=O)c(OS(=O)(=O)c2cc3c(cc2Cl)NC(=O)CO3)c1. The zero-order valence-corrected chi connectivity index (χ0v) is 15.8. The van der Waals surface area contributed by atoms with Crippen molar-refractivity contribution in [3.63, 3.8) is 0 Å². The molecular formula is C17H14ClNO7S. The molecule has 27 heavy (non-hydrogen) atoms. The van der Waals surface area contributed by atoms with Crippen LogP contribution >= 0.6 is 11.6 Å². The first-order valence-corrected chi connectivity index (χ1v) is 9.39. The summed E-state index contributed by atoms with van der Waals surface area (Å²) in [5.41, 5.74) is 0.318. The van der Waals surface area contributed by atoms with E-state index < -0.39 is 10.1 Å². The molecule has 10 heteroatoms. The number of methoxy groups -OCH3 is 1. The van der Waals surface area contributed by atoms with Crippen LogP contribution in [0.1, 0.15) is 17.3 Å². The van der Waals surface area contributed by atoms with E-state index in [-0.39, 0.29) is 51.0 Å². The van der Waals surface area contributed by atoms with E-state index in [2.05, 4.69) is 5.32 Å². The second-order valence-corrected chi connectivity index (χ2v) is 7.49. The second kappa shape index (κ2) is 7.09. The van der Waals surface area contributed by atoms with E-state index in [0.717, 1.165) is 6.07 Å². The Morgan fingerprint density at radius 1 is 1.26 bits per heavy atom. The number of carbonyl (C=O) groups excluding carboxylic acids is 2.